The van der Waals surface area contributed by atoms with Gasteiger partial charge in [0, 0.05) is 71.3 Å². The molecule has 79 valence electrons. The van der Waals surface area contributed by atoms with Crippen LogP contribution >= 0.6 is 7.82 Å². The van der Waals surface area contributed by atoms with E-state index in [1.165, 1.54) is 0 Å². The van der Waals surface area contributed by atoms with E-state index in [2.05, 4.69) is 11.1 Å². The van der Waals surface area contributed by atoms with E-state index in [9.17, 15) is 9.36 Å². The Morgan fingerprint density at radius 1 is 1.38 bits per heavy atom. The van der Waals surface area contributed by atoms with E-state index in [-0.39, 0.29) is 76.7 Å². The van der Waals surface area contributed by atoms with Gasteiger partial charge < -0.3 is 15.1 Å². The summed E-state index contributed by atoms with van der Waals surface area (Å²) in [6.45, 7) is 2.73. The van der Waals surface area contributed by atoms with Crippen LogP contribution in [-0.4, -0.2) is 75.2 Å². The SMILES string of the molecule is C=C(OP(=O)(O)O)C(=O)O.O.[Ag].[Ba]. The monoisotopic (exact) mass is 431 g/mol. The summed E-state index contributed by atoms with van der Waals surface area (Å²) in [7, 11) is -4.76. The summed E-state index contributed by atoms with van der Waals surface area (Å²) >= 11 is 0. The van der Waals surface area contributed by atoms with Crippen LogP contribution in [0.25, 0.3) is 0 Å². The van der Waals surface area contributed by atoms with Crippen LogP contribution in [0.5, 0.6) is 0 Å². The molecule has 10 heteroatoms. The number of aliphatic carboxylic acids is 1. The fraction of sp³-hybridized carbons (Fsp3) is 0. The summed E-state index contributed by atoms with van der Waals surface area (Å²) in [5.41, 5.74) is 0. The predicted octanol–water partition coefficient (Wildman–Crippen LogP) is -1.51. The molecule has 0 saturated heterocycles. The van der Waals surface area contributed by atoms with Gasteiger partial charge >= 0.3 is 13.8 Å². The number of phosphoric acid groups is 1. The van der Waals surface area contributed by atoms with Gasteiger partial charge in [-0.05, 0) is 6.58 Å². The Morgan fingerprint density at radius 3 is 1.77 bits per heavy atom. The van der Waals surface area contributed by atoms with Gasteiger partial charge in [-0.15, -0.1) is 0 Å². The smallest absolute Gasteiger partial charge is 0.475 e. The molecule has 0 bridgehead atoms. The first-order valence-electron chi connectivity index (χ1n) is 2.00. The zero-order chi connectivity index (χ0) is 8.36. The summed E-state index contributed by atoms with van der Waals surface area (Å²) in [5.74, 6) is -2.59. The molecular formula is C3H7AgBaO7P. The first-order chi connectivity index (χ1) is 4.33. The fourth-order valence-electron chi connectivity index (χ4n) is 0.183. The molecule has 0 fully saturated rings. The van der Waals surface area contributed by atoms with Gasteiger partial charge in [0.2, 0.25) is 5.76 Å². The third-order valence-electron chi connectivity index (χ3n) is 0.468. The van der Waals surface area contributed by atoms with Crippen LogP contribution in [0.15, 0.2) is 12.3 Å². The molecule has 0 heterocycles. The summed E-state index contributed by atoms with van der Waals surface area (Å²) in [4.78, 5) is 25.8. The molecule has 0 spiro atoms. The third kappa shape index (κ3) is 16.1. The largest absolute Gasteiger partial charge is 0.525 e. The molecule has 13 heavy (non-hydrogen) atoms. The maximum absolute atomic E-state index is 9.89. The van der Waals surface area contributed by atoms with Gasteiger partial charge in [0.05, 0.1) is 0 Å². The molecule has 0 aromatic heterocycles. The van der Waals surface area contributed by atoms with E-state index in [4.69, 9.17) is 14.9 Å². The number of hydrogen-bond acceptors (Lipinski definition) is 3. The summed E-state index contributed by atoms with van der Waals surface area (Å²) < 4.78 is 13.5. The minimum atomic E-state index is -4.76. The molecule has 0 aliphatic rings. The van der Waals surface area contributed by atoms with Gasteiger partial charge in [0.15, 0.2) is 0 Å². The maximum atomic E-state index is 9.89. The van der Waals surface area contributed by atoms with Crippen LogP contribution in [0.1, 0.15) is 0 Å². The van der Waals surface area contributed by atoms with E-state index >= 15 is 0 Å². The second kappa shape index (κ2) is 9.97. The number of carboxylic acids is 1. The number of phosphoric ester groups is 1. The zero-order valence-electron chi connectivity index (χ0n) is 6.23. The second-order valence-corrected chi connectivity index (χ2v) is 2.47. The zero-order valence-corrected chi connectivity index (χ0v) is 13.0. The van der Waals surface area contributed by atoms with Crippen molar-refractivity contribution in [1.29, 1.82) is 0 Å². The van der Waals surface area contributed by atoms with Crippen LogP contribution in [0, 0.1) is 0 Å². The number of carboxylic acid groups (broad SMARTS) is 1. The average molecular weight is 431 g/mol. The van der Waals surface area contributed by atoms with E-state index in [0.717, 1.165) is 0 Å². The molecule has 0 aromatic carbocycles. The topological polar surface area (TPSA) is 136 Å². The van der Waals surface area contributed by atoms with Crippen molar-refractivity contribution in [1.82, 2.24) is 0 Å². The Hall–Kier alpha value is 1.43. The molecule has 0 aliphatic heterocycles. The van der Waals surface area contributed by atoms with Crippen molar-refractivity contribution in [2.24, 2.45) is 0 Å². The normalized spacial score (nSPS) is 8.15. The Balaban J connectivity index is -0.000000135. The van der Waals surface area contributed by atoms with Gasteiger partial charge in [-0.1, -0.05) is 0 Å². The molecule has 0 atom stereocenters. The van der Waals surface area contributed by atoms with E-state index in [1.54, 1.807) is 0 Å². The molecule has 0 aliphatic carbocycles. The second-order valence-electron chi connectivity index (χ2n) is 1.31. The average Bonchev–Trinajstić information content (AvgIpc) is 1.60. The quantitative estimate of drug-likeness (QED) is 0.215. The minimum Gasteiger partial charge on any atom is -0.475 e. The summed E-state index contributed by atoms with van der Waals surface area (Å²) in [6.07, 6.45) is 0. The summed E-state index contributed by atoms with van der Waals surface area (Å²) in [5, 5.41) is 7.98. The van der Waals surface area contributed by atoms with Crippen molar-refractivity contribution < 1.29 is 56.6 Å². The van der Waals surface area contributed by atoms with Gasteiger partial charge in [-0.2, -0.15) is 0 Å². The number of carbonyl (C=O) groups is 1. The van der Waals surface area contributed by atoms with E-state index in [0.29, 0.717) is 0 Å². The maximum Gasteiger partial charge on any atom is 0.525 e. The van der Waals surface area contributed by atoms with Crippen molar-refractivity contribution in [3.05, 3.63) is 12.3 Å². The molecule has 0 aromatic rings. The Labute approximate surface area is 130 Å². The van der Waals surface area contributed by atoms with Crippen LogP contribution in [0.3, 0.4) is 0 Å². The van der Waals surface area contributed by atoms with Crippen molar-refractivity contribution >= 4 is 62.7 Å². The molecular weight excluding hydrogens is 424 g/mol. The Morgan fingerprint density at radius 2 is 1.69 bits per heavy atom. The van der Waals surface area contributed by atoms with Gasteiger partial charge in [-0.3, -0.25) is 9.79 Å². The summed E-state index contributed by atoms with van der Waals surface area (Å²) in [6, 6.07) is 0. The Bertz CT molecular complexity index is 212. The molecule has 0 rings (SSSR count). The number of rotatable bonds is 3. The van der Waals surface area contributed by atoms with E-state index in [1.807, 2.05) is 0 Å². The van der Waals surface area contributed by atoms with Crippen molar-refractivity contribution in [2.45, 2.75) is 0 Å². The molecule has 5 N–H and O–H groups in total. The number of hydrogen-bond donors (Lipinski definition) is 3. The van der Waals surface area contributed by atoms with Crippen molar-refractivity contribution in [3.8, 4) is 0 Å². The van der Waals surface area contributed by atoms with Crippen LogP contribution in [0.2, 0.25) is 0 Å². The molecule has 0 amide bonds. The predicted molar refractivity (Wildman–Crippen MR) is 39.3 cm³/mol. The van der Waals surface area contributed by atoms with E-state index < -0.39 is 19.6 Å². The van der Waals surface area contributed by atoms with Crippen LogP contribution in [0.4, 0.5) is 0 Å². The molecule has 0 unspecified atom stereocenters. The molecule has 0 saturated carbocycles. The molecule has 3 radical (unpaired) electrons. The van der Waals surface area contributed by atoms with Gasteiger partial charge in [0.1, 0.15) is 0 Å². The van der Waals surface area contributed by atoms with Gasteiger partial charge in [0.25, 0.3) is 0 Å². The van der Waals surface area contributed by atoms with Crippen molar-refractivity contribution in [3.63, 3.8) is 0 Å². The fourth-order valence-corrected chi connectivity index (χ4v) is 0.548. The van der Waals surface area contributed by atoms with Crippen LogP contribution in [-0.2, 0) is 36.3 Å². The molecule has 7 nitrogen and oxygen atoms in total. The minimum absolute atomic E-state index is 0. The van der Waals surface area contributed by atoms with Crippen LogP contribution < -0.4 is 0 Å². The van der Waals surface area contributed by atoms with Gasteiger partial charge in [-0.25, -0.2) is 9.36 Å². The van der Waals surface area contributed by atoms with Crippen molar-refractivity contribution in [2.75, 3.05) is 0 Å². The Kier molecular flexibility index (Phi) is 18.3. The third-order valence-corrected chi connectivity index (χ3v) is 0.926. The standard InChI is InChI=1S/C3H5O6P.Ag.Ba.H2O/c1-2(3(4)5)9-10(6,7)8;;;/h1H2,(H,4,5)(H2,6,7,8);;;1H2. The first kappa shape index (κ1) is 23.9. The first-order valence-corrected chi connectivity index (χ1v) is 3.53.